The Hall–Kier alpha value is -2.28. The van der Waals surface area contributed by atoms with Gasteiger partial charge in [-0.3, -0.25) is 0 Å². The molecule has 0 saturated carbocycles. The summed E-state index contributed by atoms with van der Waals surface area (Å²) in [4.78, 5) is 0. The van der Waals surface area contributed by atoms with Crippen LogP contribution in [0.25, 0.3) is 0 Å². The van der Waals surface area contributed by atoms with Gasteiger partial charge in [-0.05, 0) is 42.8 Å². The molecule has 0 saturated heterocycles. The molecule has 0 aliphatic rings. The van der Waals surface area contributed by atoms with E-state index in [1.807, 2.05) is 54.6 Å². The van der Waals surface area contributed by atoms with Gasteiger partial charge in [-0.2, -0.15) is 0 Å². The summed E-state index contributed by atoms with van der Waals surface area (Å²) in [6.45, 7) is 5.17. The van der Waals surface area contributed by atoms with E-state index < -0.39 is 5.60 Å². The minimum atomic E-state index is -1.06. The number of aliphatic hydroxyl groups is 1. The molecule has 0 spiro atoms. The molecule has 0 amide bonds. The van der Waals surface area contributed by atoms with E-state index in [2.05, 4.69) is 12.3 Å². The van der Waals surface area contributed by atoms with E-state index in [1.165, 1.54) is 6.08 Å². The fourth-order valence-corrected chi connectivity index (χ4v) is 1.77. The van der Waals surface area contributed by atoms with Gasteiger partial charge in [0.15, 0.2) is 0 Å². The maximum atomic E-state index is 10.2. The minimum absolute atomic E-state index is 0.730. The molecule has 0 heterocycles. The normalized spacial score (nSPS) is 13.2. The second kappa shape index (κ2) is 5.57. The lowest BCUT2D eigenvalue weighted by Gasteiger charge is -2.18. The first kappa shape index (κ1) is 13.2. The average molecular weight is 252 g/mol. The van der Waals surface area contributed by atoms with Gasteiger partial charge in [0.05, 0.1) is 0 Å². The van der Waals surface area contributed by atoms with Crippen LogP contribution in [0, 0.1) is 0 Å². The van der Waals surface area contributed by atoms with E-state index in [1.54, 1.807) is 6.92 Å². The third kappa shape index (κ3) is 3.35. The third-order valence-electron chi connectivity index (χ3n) is 2.80. The molecular weight excluding hydrogens is 236 g/mol. The number of rotatable bonds is 4. The zero-order valence-electron chi connectivity index (χ0n) is 10.8. The number of hydrogen-bond donors (Lipinski definition) is 1. The highest BCUT2D eigenvalue weighted by Gasteiger charge is 2.18. The van der Waals surface area contributed by atoms with Crippen LogP contribution in [0.3, 0.4) is 0 Å². The number of para-hydroxylation sites is 1. The Morgan fingerprint density at radius 1 is 1.05 bits per heavy atom. The molecule has 1 unspecified atom stereocenters. The summed E-state index contributed by atoms with van der Waals surface area (Å²) in [5, 5.41) is 10.2. The second-order valence-electron chi connectivity index (χ2n) is 4.44. The van der Waals surface area contributed by atoms with Crippen molar-refractivity contribution in [1.82, 2.24) is 0 Å². The topological polar surface area (TPSA) is 29.5 Å². The molecule has 2 aromatic carbocycles. The van der Waals surface area contributed by atoms with E-state index in [0.717, 1.165) is 17.1 Å². The van der Waals surface area contributed by atoms with Crippen molar-refractivity contribution in [1.29, 1.82) is 0 Å². The highest BCUT2D eigenvalue weighted by Crippen LogP contribution is 2.26. The zero-order valence-corrected chi connectivity index (χ0v) is 10.8. The van der Waals surface area contributed by atoms with Gasteiger partial charge in [-0.15, -0.1) is 5.73 Å². The first-order chi connectivity index (χ1) is 9.12. The molecule has 2 nitrogen and oxygen atoms in total. The van der Waals surface area contributed by atoms with Crippen molar-refractivity contribution in [2.24, 2.45) is 0 Å². The van der Waals surface area contributed by atoms with Gasteiger partial charge in [0.1, 0.15) is 17.1 Å². The predicted octanol–water partition coefficient (Wildman–Crippen LogP) is 4.03. The van der Waals surface area contributed by atoms with Crippen LogP contribution < -0.4 is 4.74 Å². The second-order valence-corrected chi connectivity index (χ2v) is 4.44. The molecule has 19 heavy (non-hydrogen) atoms. The van der Waals surface area contributed by atoms with E-state index in [9.17, 15) is 5.11 Å². The quantitative estimate of drug-likeness (QED) is 0.832. The van der Waals surface area contributed by atoms with Crippen LogP contribution in [-0.2, 0) is 5.60 Å². The lowest BCUT2D eigenvalue weighted by Crippen LogP contribution is -2.16. The highest BCUT2D eigenvalue weighted by molar-refractivity contribution is 5.35. The molecule has 0 radical (unpaired) electrons. The van der Waals surface area contributed by atoms with Crippen molar-refractivity contribution >= 4 is 0 Å². The molecule has 0 fully saturated rings. The van der Waals surface area contributed by atoms with Crippen molar-refractivity contribution < 1.29 is 9.84 Å². The Labute approximate surface area is 113 Å². The highest BCUT2D eigenvalue weighted by atomic mass is 16.5. The summed E-state index contributed by atoms with van der Waals surface area (Å²) in [5.74, 6) is 1.52. The molecule has 2 rings (SSSR count). The van der Waals surface area contributed by atoms with E-state index in [4.69, 9.17) is 4.74 Å². The fourth-order valence-electron chi connectivity index (χ4n) is 1.77. The van der Waals surface area contributed by atoms with Gasteiger partial charge in [-0.1, -0.05) is 36.9 Å². The average Bonchev–Trinajstić information content (AvgIpc) is 2.40. The van der Waals surface area contributed by atoms with E-state index in [-0.39, 0.29) is 0 Å². The first-order valence-corrected chi connectivity index (χ1v) is 6.04. The smallest absolute Gasteiger partial charge is 0.127 e. The molecule has 0 aliphatic heterocycles. The number of benzene rings is 2. The maximum absolute atomic E-state index is 10.2. The molecule has 96 valence electrons. The van der Waals surface area contributed by atoms with Crippen LogP contribution >= 0.6 is 0 Å². The van der Waals surface area contributed by atoms with E-state index in [0.29, 0.717) is 0 Å². The van der Waals surface area contributed by atoms with Crippen LogP contribution in [0.2, 0.25) is 0 Å². The van der Waals surface area contributed by atoms with Gasteiger partial charge in [0, 0.05) is 0 Å². The lowest BCUT2D eigenvalue weighted by atomic mass is 9.96. The molecule has 2 aromatic rings. The van der Waals surface area contributed by atoms with Crippen molar-refractivity contribution in [2.75, 3.05) is 0 Å². The standard InChI is InChI=1S/C17H16O2/c1-3-13-17(2,18)14-9-11-16(12-10-14)19-15-7-5-4-6-8-15/h4-13,18H,1H2,2H3. The number of ether oxygens (including phenoxy) is 1. The Bertz CT molecular complexity index is 576. The van der Waals surface area contributed by atoms with Gasteiger partial charge in [-0.25, -0.2) is 0 Å². The summed E-state index contributed by atoms with van der Waals surface area (Å²) in [6.07, 6.45) is 1.53. The fraction of sp³-hybridized carbons (Fsp3) is 0.118. The molecule has 0 bridgehead atoms. The van der Waals surface area contributed by atoms with Crippen molar-refractivity contribution in [2.45, 2.75) is 12.5 Å². The Balaban J connectivity index is 2.17. The summed E-state index contributed by atoms with van der Waals surface area (Å²) in [6, 6.07) is 16.9. The monoisotopic (exact) mass is 252 g/mol. The Morgan fingerprint density at radius 2 is 1.63 bits per heavy atom. The zero-order chi connectivity index (χ0) is 13.7. The predicted molar refractivity (Wildman–Crippen MR) is 76.2 cm³/mol. The molecule has 1 N–H and O–H groups in total. The summed E-state index contributed by atoms with van der Waals surface area (Å²) < 4.78 is 5.69. The Kier molecular flexibility index (Phi) is 3.86. The third-order valence-corrected chi connectivity index (χ3v) is 2.80. The van der Waals surface area contributed by atoms with Gasteiger partial charge in [0.25, 0.3) is 0 Å². The largest absolute Gasteiger partial charge is 0.457 e. The molecule has 2 heteroatoms. The lowest BCUT2D eigenvalue weighted by molar-refractivity contribution is 0.111. The molecule has 0 aromatic heterocycles. The van der Waals surface area contributed by atoms with Crippen LogP contribution in [0.4, 0.5) is 0 Å². The first-order valence-electron chi connectivity index (χ1n) is 6.04. The van der Waals surface area contributed by atoms with Crippen molar-refractivity contribution in [3.05, 3.63) is 78.5 Å². The SMILES string of the molecule is C=C=CC(C)(O)c1ccc(Oc2ccccc2)cc1. The van der Waals surface area contributed by atoms with Gasteiger partial charge < -0.3 is 9.84 Å². The van der Waals surface area contributed by atoms with Gasteiger partial charge >= 0.3 is 0 Å². The van der Waals surface area contributed by atoms with E-state index >= 15 is 0 Å². The summed E-state index contributed by atoms with van der Waals surface area (Å²) >= 11 is 0. The van der Waals surface area contributed by atoms with Crippen molar-refractivity contribution in [3.63, 3.8) is 0 Å². The summed E-state index contributed by atoms with van der Waals surface area (Å²) in [7, 11) is 0. The van der Waals surface area contributed by atoms with Crippen LogP contribution in [0.1, 0.15) is 12.5 Å². The number of hydrogen-bond acceptors (Lipinski definition) is 2. The molecule has 0 aliphatic carbocycles. The molecule has 1 atom stereocenters. The summed E-state index contributed by atoms with van der Waals surface area (Å²) in [5.41, 5.74) is 2.31. The minimum Gasteiger partial charge on any atom is -0.457 e. The van der Waals surface area contributed by atoms with Crippen LogP contribution in [-0.4, -0.2) is 5.11 Å². The van der Waals surface area contributed by atoms with Crippen LogP contribution in [0.5, 0.6) is 11.5 Å². The van der Waals surface area contributed by atoms with Crippen molar-refractivity contribution in [3.8, 4) is 11.5 Å². The van der Waals surface area contributed by atoms with Gasteiger partial charge in [0.2, 0.25) is 0 Å². The maximum Gasteiger partial charge on any atom is 0.127 e. The Morgan fingerprint density at radius 3 is 2.21 bits per heavy atom. The molecular formula is C17H16O2. The van der Waals surface area contributed by atoms with Crippen LogP contribution in [0.15, 0.2) is 73.0 Å².